The van der Waals surface area contributed by atoms with E-state index in [0.29, 0.717) is 5.56 Å². The summed E-state index contributed by atoms with van der Waals surface area (Å²) in [7, 11) is 0. The first-order chi connectivity index (χ1) is 13.5. The second-order valence-electron chi connectivity index (χ2n) is 6.64. The van der Waals surface area contributed by atoms with Gasteiger partial charge in [-0.2, -0.15) is 0 Å². The molecule has 0 aliphatic carbocycles. The molecule has 0 saturated heterocycles. The van der Waals surface area contributed by atoms with Gasteiger partial charge in [0.25, 0.3) is 5.91 Å². The summed E-state index contributed by atoms with van der Waals surface area (Å²) in [6, 6.07) is 14.4. The normalized spacial score (nSPS) is 14.9. The Morgan fingerprint density at radius 2 is 1.71 bits per heavy atom. The third-order valence-corrected chi connectivity index (χ3v) is 4.79. The van der Waals surface area contributed by atoms with E-state index >= 15 is 0 Å². The third kappa shape index (κ3) is 4.28. The number of benzene rings is 2. The second kappa shape index (κ2) is 8.52. The van der Waals surface area contributed by atoms with Crippen molar-refractivity contribution in [1.29, 1.82) is 0 Å². The summed E-state index contributed by atoms with van der Waals surface area (Å²) >= 11 is 0. The molecule has 1 atom stereocenters. The van der Waals surface area contributed by atoms with E-state index < -0.39 is 6.04 Å². The summed E-state index contributed by atoms with van der Waals surface area (Å²) in [6.07, 6.45) is 4.47. The summed E-state index contributed by atoms with van der Waals surface area (Å²) in [4.78, 5) is 38.2. The van der Waals surface area contributed by atoms with E-state index in [2.05, 4.69) is 10.9 Å². The molecule has 2 N–H and O–H groups in total. The van der Waals surface area contributed by atoms with Crippen LogP contribution in [0.15, 0.2) is 54.7 Å². The lowest BCUT2D eigenvalue weighted by atomic mass is 9.93. The standard InChI is InChI=1S/C22H23N3O3/c1-3-16-8-10-18(11-9-16)22(28)24-23-21(27)14-20-19-7-5-4-6-17(19)12-13-25(20)15(2)26/h4-13,20H,3,14H2,1-2H3,(H,23,27)(H,24,28)/t20-/m0/s1. The second-order valence-corrected chi connectivity index (χ2v) is 6.64. The average molecular weight is 377 g/mol. The van der Waals surface area contributed by atoms with E-state index in [1.54, 1.807) is 18.3 Å². The Kier molecular flexibility index (Phi) is 5.89. The molecule has 2 aromatic carbocycles. The fraction of sp³-hybridized carbons (Fsp3) is 0.227. The number of aryl methyl sites for hydroxylation is 1. The third-order valence-electron chi connectivity index (χ3n) is 4.79. The zero-order chi connectivity index (χ0) is 20.1. The maximum absolute atomic E-state index is 12.4. The minimum atomic E-state index is -0.417. The number of hydrogen-bond donors (Lipinski definition) is 2. The van der Waals surface area contributed by atoms with Crippen LogP contribution in [-0.4, -0.2) is 22.6 Å². The van der Waals surface area contributed by atoms with Crippen LogP contribution in [0.2, 0.25) is 0 Å². The lowest BCUT2D eigenvalue weighted by Gasteiger charge is -2.32. The molecule has 2 aromatic rings. The number of hydrazine groups is 1. The van der Waals surface area contributed by atoms with Crippen molar-refractivity contribution in [1.82, 2.24) is 15.8 Å². The number of rotatable bonds is 4. The first-order valence-corrected chi connectivity index (χ1v) is 9.23. The fourth-order valence-corrected chi connectivity index (χ4v) is 3.23. The Labute approximate surface area is 164 Å². The number of nitrogens with one attached hydrogen (secondary N) is 2. The van der Waals surface area contributed by atoms with Crippen LogP contribution in [0.25, 0.3) is 6.08 Å². The molecular formula is C22H23N3O3. The highest BCUT2D eigenvalue weighted by molar-refractivity contribution is 5.95. The van der Waals surface area contributed by atoms with Crippen LogP contribution in [0.4, 0.5) is 0 Å². The molecule has 3 amide bonds. The van der Waals surface area contributed by atoms with Crippen molar-refractivity contribution < 1.29 is 14.4 Å². The van der Waals surface area contributed by atoms with Gasteiger partial charge in [0, 0.05) is 18.7 Å². The van der Waals surface area contributed by atoms with Gasteiger partial charge in [0.05, 0.1) is 12.5 Å². The van der Waals surface area contributed by atoms with Crippen LogP contribution in [0.5, 0.6) is 0 Å². The quantitative estimate of drug-likeness (QED) is 0.804. The van der Waals surface area contributed by atoms with Gasteiger partial charge in [-0.05, 0) is 41.3 Å². The number of hydrogen-bond acceptors (Lipinski definition) is 3. The lowest BCUT2D eigenvalue weighted by molar-refractivity contribution is -0.130. The molecule has 0 bridgehead atoms. The smallest absolute Gasteiger partial charge is 0.269 e. The molecule has 0 spiro atoms. The van der Waals surface area contributed by atoms with Gasteiger partial charge in [-0.1, -0.05) is 43.3 Å². The monoisotopic (exact) mass is 377 g/mol. The van der Waals surface area contributed by atoms with Crippen molar-refractivity contribution in [3.63, 3.8) is 0 Å². The van der Waals surface area contributed by atoms with Crippen molar-refractivity contribution in [2.75, 3.05) is 0 Å². The summed E-state index contributed by atoms with van der Waals surface area (Å²) in [6.45, 7) is 3.50. The largest absolute Gasteiger partial charge is 0.311 e. The van der Waals surface area contributed by atoms with E-state index in [1.165, 1.54) is 11.8 Å². The molecular weight excluding hydrogens is 354 g/mol. The van der Waals surface area contributed by atoms with E-state index in [0.717, 1.165) is 23.1 Å². The number of amides is 3. The van der Waals surface area contributed by atoms with Gasteiger partial charge in [0.2, 0.25) is 11.8 Å². The van der Waals surface area contributed by atoms with Crippen molar-refractivity contribution in [3.05, 3.63) is 77.0 Å². The van der Waals surface area contributed by atoms with Gasteiger partial charge in [0.15, 0.2) is 0 Å². The molecule has 6 heteroatoms. The zero-order valence-corrected chi connectivity index (χ0v) is 15.9. The molecule has 0 fully saturated rings. The number of carbonyl (C=O) groups excluding carboxylic acids is 3. The molecule has 0 aromatic heterocycles. The Bertz CT molecular complexity index is 919. The van der Waals surface area contributed by atoms with E-state index in [-0.39, 0.29) is 24.1 Å². The molecule has 0 radical (unpaired) electrons. The lowest BCUT2D eigenvalue weighted by Crippen LogP contribution is -2.43. The van der Waals surface area contributed by atoms with Crippen molar-refractivity contribution in [3.8, 4) is 0 Å². The highest BCUT2D eigenvalue weighted by Crippen LogP contribution is 2.32. The summed E-state index contributed by atoms with van der Waals surface area (Å²) < 4.78 is 0. The minimum absolute atomic E-state index is 0.0377. The zero-order valence-electron chi connectivity index (χ0n) is 15.9. The Hall–Kier alpha value is -3.41. The fourth-order valence-electron chi connectivity index (χ4n) is 3.23. The van der Waals surface area contributed by atoms with E-state index in [9.17, 15) is 14.4 Å². The van der Waals surface area contributed by atoms with Crippen molar-refractivity contribution in [2.24, 2.45) is 0 Å². The minimum Gasteiger partial charge on any atom is -0.311 e. The van der Waals surface area contributed by atoms with Gasteiger partial charge in [0.1, 0.15) is 0 Å². The first-order valence-electron chi connectivity index (χ1n) is 9.23. The maximum Gasteiger partial charge on any atom is 0.269 e. The maximum atomic E-state index is 12.4. The average Bonchev–Trinajstić information content (AvgIpc) is 2.72. The molecule has 1 heterocycles. The van der Waals surface area contributed by atoms with Crippen LogP contribution in [0, 0.1) is 0 Å². The highest BCUT2D eigenvalue weighted by atomic mass is 16.2. The van der Waals surface area contributed by atoms with Crippen LogP contribution in [0.3, 0.4) is 0 Å². The topological polar surface area (TPSA) is 78.5 Å². The molecule has 6 nitrogen and oxygen atoms in total. The summed E-state index contributed by atoms with van der Waals surface area (Å²) in [5.41, 5.74) is 8.35. The van der Waals surface area contributed by atoms with Crippen molar-refractivity contribution in [2.45, 2.75) is 32.7 Å². The number of carbonyl (C=O) groups is 3. The van der Waals surface area contributed by atoms with Gasteiger partial charge in [-0.25, -0.2) is 0 Å². The predicted octanol–water partition coefficient (Wildman–Crippen LogP) is 2.97. The Morgan fingerprint density at radius 1 is 1.00 bits per heavy atom. The van der Waals surface area contributed by atoms with Gasteiger partial charge in [-0.3, -0.25) is 25.2 Å². The number of fused-ring (bicyclic) bond motifs is 1. The number of nitrogens with zero attached hydrogens (tertiary/aromatic N) is 1. The highest BCUT2D eigenvalue weighted by Gasteiger charge is 2.28. The molecule has 0 unspecified atom stereocenters. The van der Waals surface area contributed by atoms with E-state index in [1.807, 2.05) is 49.4 Å². The van der Waals surface area contributed by atoms with Crippen molar-refractivity contribution >= 4 is 23.8 Å². The molecule has 1 aliphatic heterocycles. The van der Waals surface area contributed by atoms with Gasteiger partial charge >= 0.3 is 0 Å². The molecule has 28 heavy (non-hydrogen) atoms. The van der Waals surface area contributed by atoms with Crippen LogP contribution < -0.4 is 10.9 Å². The SMILES string of the molecule is CCc1ccc(C(=O)NNC(=O)C[C@H]2c3ccccc3C=CN2C(C)=O)cc1. The van der Waals surface area contributed by atoms with Gasteiger partial charge < -0.3 is 4.90 Å². The molecule has 144 valence electrons. The predicted molar refractivity (Wildman–Crippen MR) is 107 cm³/mol. The van der Waals surface area contributed by atoms with Crippen LogP contribution in [-0.2, 0) is 16.0 Å². The molecule has 3 rings (SSSR count). The van der Waals surface area contributed by atoms with Gasteiger partial charge in [-0.15, -0.1) is 0 Å². The summed E-state index contributed by atoms with van der Waals surface area (Å²) in [5.74, 6) is -0.910. The molecule has 0 saturated carbocycles. The molecule has 1 aliphatic rings. The van der Waals surface area contributed by atoms with Crippen LogP contribution in [0.1, 0.15) is 53.4 Å². The van der Waals surface area contributed by atoms with E-state index in [4.69, 9.17) is 0 Å². The first kappa shape index (κ1) is 19.4. The van der Waals surface area contributed by atoms with Crippen LogP contribution >= 0.6 is 0 Å². The Morgan fingerprint density at radius 3 is 2.39 bits per heavy atom. The summed E-state index contributed by atoms with van der Waals surface area (Å²) in [5, 5.41) is 0. The Balaban J connectivity index is 1.65.